The first-order valence-electron chi connectivity index (χ1n) is 9.50. The predicted molar refractivity (Wildman–Crippen MR) is 124 cm³/mol. The van der Waals surface area contributed by atoms with Gasteiger partial charge in [0.05, 0.1) is 11.4 Å². The van der Waals surface area contributed by atoms with Crippen molar-refractivity contribution >= 4 is 40.0 Å². The molecular formula is C19H35IN4O2S. The van der Waals surface area contributed by atoms with Crippen LogP contribution in [0.2, 0.25) is 0 Å². The lowest BCUT2D eigenvalue weighted by atomic mass is 10.1. The Bertz CT molecular complexity index is 665. The maximum atomic E-state index is 11.9. The first-order valence-corrected chi connectivity index (χ1v) is 11.0. The third-order valence-electron chi connectivity index (χ3n) is 4.12. The predicted octanol–water partition coefficient (Wildman–Crippen LogP) is 3.63. The number of nitrogens with zero attached hydrogens (tertiary/aromatic N) is 1. The number of sulfonamides is 1. The summed E-state index contributed by atoms with van der Waals surface area (Å²) in [5.74, 6) is 0.761. The summed E-state index contributed by atoms with van der Waals surface area (Å²) in [5, 5.41) is 6.68. The molecule has 1 aromatic carbocycles. The van der Waals surface area contributed by atoms with E-state index in [0.29, 0.717) is 12.6 Å². The SMILES string of the molecule is CCCCCCC(C)NC(=NCc1cccc(S(=O)(=O)NC)c1)NCC.I. The molecule has 3 N–H and O–H groups in total. The number of benzene rings is 1. The largest absolute Gasteiger partial charge is 0.357 e. The minimum Gasteiger partial charge on any atom is -0.357 e. The number of hydrogen-bond acceptors (Lipinski definition) is 3. The summed E-state index contributed by atoms with van der Waals surface area (Å²) < 4.78 is 26.2. The minimum atomic E-state index is -3.43. The summed E-state index contributed by atoms with van der Waals surface area (Å²) in [6.45, 7) is 7.62. The number of aliphatic imine (C=N–C) groups is 1. The summed E-state index contributed by atoms with van der Waals surface area (Å²) >= 11 is 0. The number of nitrogens with one attached hydrogen (secondary N) is 3. The summed E-state index contributed by atoms with van der Waals surface area (Å²) in [4.78, 5) is 4.86. The Labute approximate surface area is 182 Å². The molecule has 1 unspecified atom stereocenters. The van der Waals surface area contributed by atoms with Crippen LogP contribution >= 0.6 is 24.0 Å². The Morgan fingerprint density at radius 2 is 1.93 bits per heavy atom. The summed E-state index contributed by atoms with van der Waals surface area (Å²) in [5.41, 5.74) is 0.856. The maximum absolute atomic E-state index is 11.9. The van der Waals surface area contributed by atoms with Gasteiger partial charge in [-0.2, -0.15) is 0 Å². The molecular weight excluding hydrogens is 475 g/mol. The molecule has 0 aliphatic carbocycles. The van der Waals surface area contributed by atoms with Crippen LogP contribution in [-0.4, -0.2) is 34.0 Å². The average molecular weight is 510 g/mol. The molecule has 1 rings (SSSR count). The van der Waals surface area contributed by atoms with Gasteiger partial charge in [0.1, 0.15) is 0 Å². The van der Waals surface area contributed by atoms with Gasteiger partial charge < -0.3 is 10.6 Å². The molecule has 0 bridgehead atoms. The van der Waals surface area contributed by atoms with Crippen molar-refractivity contribution in [1.82, 2.24) is 15.4 Å². The van der Waals surface area contributed by atoms with Gasteiger partial charge in [-0.1, -0.05) is 44.7 Å². The van der Waals surface area contributed by atoms with Crippen LogP contribution in [-0.2, 0) is 16.6 Å². The second-order valence-corrected chi connectivity index (χ2v) is 8.33. The van der Waals surface area contributed by atoms with Gasteiger partial charge in [-0.25, -0.2) is 18.1 Å². The van der Waals surface area contributed by atoms with E-state index in [9.17, 15) is 8.42 Å². The standard InChI is InChI=1S/C19H34N4O2S.HI/c1-5-7-8-9-11-16(3)23-19(21-6-2)22-15-17-12-10-13-18(14-17)26(24,25)20-4;/h10,12-14,16,20H,5-9,11,15H2,1-4H3,(H2,21,22,23);1H. The van der Waals surface area contributed by atoms with E-state index in [2.05, 4.69) is 34.2 Å². The number of hydrogen-bond donors (Lipinski definition) is 3. The number of rotatable bonds is 11. The molecule has 6 nitrogen and oxygen atoms in total. The van der Waals surface area contributed by atoms with Crippen LogP contribution < -0.4 is 15.4 Å². The van der Waals surface area contributed by atoms with Crippen molar-refractivity contribution < 1.29 is 8.42 Å². The first kappa shape index (κ1) is 26.1. The van der Waals surface area contributed by atoms with E-state index < -0.39 is 10.0 Å². The molecule has 0 saturated heterocycles. The highest BCUT2D eigenvalue weighted by atomic mass is 127. The molecule has 0 fully saturated rings. The zero-order chi connectivity index (χ0) is 19.4. The molecule has 8 heteroatoms. The van der Waals surface area contributed by atoms with Gasteiger partial charge in [0.2, 0.25) is 10.0 Å². The van der Waals surface area contributed by atoms with E-state index in [0.717, 1.165) is 24.5 Å². The van der Waals surface area contributed by atoms with E-state index in [1.54, 1.807) is 18.2 Å². The monoisotopic (exact) mass is 510 g/mol. The Kier molecular flexibility index (Phi) is 13.7. The van der Waals surface area contributed by atoms with Crippen LogP contribution in [0, 0.1) is 0 Å². The summed E-state index contributed by atoms with van der Waals surface area (Å²) in [7, 11) is -2.02. The molecule has 0 aliphatic rings. The molecule has 0 spiro atoms. The highest BCUT2D eigenvalue weighted by Gasteiger charge is 2.11. The molecule has 156 valence electrons. The number of guanidine groups is 1. The molecule has 0 heterocycles. The van der Waals surface area contributed by atoms with Gasteiger partial charge in [0.25, 0.3) is 0 Å². The highest BCUT2D eigenvalue weighted by Crippen LogP contribution is 2.12. The molecule has 0 aromatic heterocycles. The van der Waals surface area contributed by atoms with Crippen LogP contribution in [0.5, 0.6) is 0 Å². The normalized spacial score (nSPS) is 13.0. The lowest BCUT2D eigenvalue weighted by Crippen LogP contribution is -2.42. The van der Waals surface area contributed by atoms with Gasteiger partial charge in [-0.3, -0.25) is 0 Å². The maximum Gasteiger partial charge on any atom is 0.240 e. The molecule has 1 aromatic rings. The van der Waals surface area contributed by atoms with Crippen molar-refractivity contribution in [1.29, 1.82) is 0 Å². The molecule has 0 radical (unpaired) electrons. The zero-order valence-corrected chi connectivity index (χ0v) is 20.1. The van der Waals surface area contributed by atoms with E-state index in [-0.39, 0.29) is 28.9 Å². The topological polar surface area (TPSA) is 82.6 Å². The van der Waals surface area contributed by atoms with Crippen molar-refractivity contribution in [3.63, 3.8) is 0 Å². The van der Waals surface area contributed by atoms with E-state index >= 15 is 0 Å². The Morgan fingerprint density at radius 3 is 2.56 bits per heavy atom. The average Bonchev–Trinajstić information content (AvgIpc) is 2.64. The van der Waals surface area contributed by atoms with Crippen molar-refractivity contribution in [2.75, 3.05) is 13.6 Å². The van der Waals surface area contributed by atoms with Crippen molar-refractivity contribution in [2.45, 2.75) is 70.4 Å². The van der Waals surface area contributed by atoms with Crippen LogP contribution in [0.15, 0.2) is 34.2 Å². The van der Waals surface area contributed by atoms with Gasteiger partial charge >= 0.3 is 0 Å². The summed E-state index contributed by atoms with van der Waals surface area (Å²) in [6, 6.07) is 7.22. The fraction of sp³-hybridized carbons (Fsp3) is 0.632. The Hall–Kier alpha value is -0.870. The lowest BCUT2D eigenvalue weighted by molar-refractivity contribution is 0.537. The van der Waals surface area contributed by atoms with Crippen LogP contribution in [0.4, 0.5) is 0 Å². The molecule has 0 amide bonds. The zero-order valence-electron chi connectivity index (χ0n) is 16.9. The summed E-state index contributed by atoms with van der Waals surface area (Å²) in [6.07, 6.45) is 6.12. The lowest BCUT2D eigenvalue weighted by Gasteiger charge is -2.18. The quantitative estimate of drug-likeness (QED) is 0.184. The molecule has 0 aliphatic heterocycles. The highest BCUT2D eigenvalue weighted by molar-refractivity contribution is 14.0. The van der Waals surface area contributed by atoms with Crippen molar-refractivity contribution in [2.24, 2.45) is 4.99 Å². The van der Waals surface area contributed by atoms with Gasteiger partial charge in [0.15, 0.2) is 5.96 Å². The number of halogens is 1. The van der Waals surface area contributed by atoms with Crippen molar-refractivity contribution in [3.8, 4) is 0 Å². The van der Waals surface area contributed by atoms with Gasteiger partial charge in [-0.05, 0) is 45.0 Å². The van der Waals surface area contributed by atoms with E-state index in [4.69, 9.17) is 0 Å². The Balaban J connectivity index is 0.00000676. The van der Waals surface area contributed by atoms with Crippen LogP contribution in [0.1, 0.15) is 58.4 Å². The second kappa shape index (κ2) is 14.2. The molecule has 1 atom stereocenters. The number of unbranched alkanes of at least 4 members (excludes halogenated alkanes) is 3. The Morgan fingerprint density at radius 1 is 1.19 bits per heavy atom. The minimum absolute atomic E-state index is 0. The van der Waals surface area contributed by atoms with Gasteiger partial charge in [0, 0.05) is 12.6 Å². The van der Waals surface area contributed by atoms with E-state index in [1.165, 1.54) is 32.7 Å². The van der Waals surface area contributed by atoms with E-state index in [1.807, 2.05) is 13.0 Å². The smallest absolute Gasteiger partial charge is 0.240 e. The van der Waals surface area contributed by atoms with Crippen LogP contribution in [0.3, 0.4) is 0 Å². The third kappa shape index (κ3) is 10.3. The van der Waals surface area contributed by atoms with Crippen LogP contribution in [0.25, 0.3) is 0 Å². The first-order chi connectivity index (χ1) is 12.4. The second-order valence-electron chi connectivity index (χ2n) is 6.44. The molecule has 0 saturated carbocycles. The van der Waals surface area contributed by atoms with Gasteiger partial charge in [-0.15, -0.1) is 24.0 Å². The third-order valence-corrected chi connectivity index (χ3v) is 5.53. The molecule has 27 heavy (non-hydrogen) atoms. The fourth-order valence-electron chi connectivity index (χ4n) is 2.60. The van der Waals surface area contributed by atoms with Crippen molar-refractivity contribution in [3.05, 3.63) is 29.8 Å². The fourth-order valence-corrected chi connectivity index (χ4v) is 3.40.